The number of aryl methyl sites for hydroxylation is 3. The van der Waals surface area contributed by atoms with Gasteiger partial charge in [0, 0.05) is 24.5 Å². The molecule has 1 atom stereocenters. The number of nitrogen functional groups attached to an aromatic ring is 1. The molecule has 1 saturated heterocycles. The number of fused-ring (bicyclic) bond motifs is 1. The highest BCUT2D eigenvalue weighted by Crippen LogP contribution is 2.35. The van der Waals surface area contributed by atoms with E-state index in [-0.39, 0.29) is 23.4 Å². The summed E-state index contributed by atoms with van der Waals surface area (Å²) < 4.78 is 14.1. The first-order chi connectivity index (χ1) is 14.3. The number of likely N-dealkylation sites (tertiary alicyclic amines) is 1. The van der Waals surface area contributed by atoms with Crippen LogP contribution in [0, 0.1) is 26.6 Å². The molecule has 1 unspecified atom stereocenters. The van der Waals surface area contributed by atoms with Gasteiger partial charge in [-0.15, -0.1) is 16.4 Å². The number of hydrogen-bond donors (Lipinski definition) is 2. The second-order valence-electron chi connectivity index (χ2n) is 7.63. The van der Waals surface area contributed by atoms with Gasteiger partial charge in [-0.2, -0.15) is 5.10 Å². The molecule has 30 heavy (non-hydrogen) atoms. The Balaban J connectivity index is 1.48. The molecule has 0 spiro atoms. The Morgan fingerprint density at radius 3 is 2.77 bits per heavy atom. The molecular formula is C21H22FN5O2S. The molecule has 2 amide bonds. The second-order valence-corrected chi connectivity index (χ2v) is 8.63. The van der Waals surface area contributed by atoms with Crippen molar-refractivity contribution in [1.29, 1.82) is 0 Å². The third-order valence-corrected chi connectivity index (χ3v) is 6.60. The summed E-state index contributed by atoms with van der Waals surface area (Å²) in [6.45, 7) is 6.29. The van der Waals surface area contributed by atoms with Crippen molar-refractivity contribution >= 4 is 39.1 Å². The number of hydrogen-bond acceptors (Lipinski definition) is 6. The number of rotatable bonds is 3. The molecule has 9 heteroatoms. The molecule has 7 nitrogen and oxygen atoms in total. The summed E-state index contributed by atoms with van der Waals surface area (Å²) >= 11 is 1.20. The van der Waals surface area contributed by atoms with Gasteiger partial charge in [-0.05, 0) is 50.5 Å². The first-order valence-corrected chi connectivity index (χ1v) is 10.5. The highest BCUT2D eigenvalue weighted by atomic mass is 32.1. The SMILES string of the molecule is Cc1ccc(C(=O)N2CCC(NC(=O)c3sc4nnc(C)c(C)c4c3N)C2)c(F)c1. The highest BCUT2D eigenvalue weighted by Gasteiger charge is 2.30. The lowest BCUT2D eigenvalue weighted by molar-refractivity contribution is 0.0779. The number of carbonyl (C=O) groups is 2. The van der Waals surface area contributed by atoms with Crippen molar-refractivity contribution < 1.29 is 14.0 Å². The molecule has 2 aromatic heterocycles. The summed E-state index contributed by atoms with van der Waals surface area (Å²) in [4.78, 5) is 28.1. The van der Waals surface area contributed by atoms with Crippen LogP contribution in [0.2, 0.25) is 0 Å². The Hall–Kier alpha value is -3.07. The summed E-state index contributed by atoms with van der Waals surface area (Å²) in [6.07, 6.45) is 0.591. The maximum atomic E-state index is 14.1. The van der Waals surface area contributed by atoms with Gasteiger partial charge in [0.05, 0.1) is 16.9 Å². The average molecular weight is 428 g/mol. The zero-order valence-corrected chi connectivity index (χ0v) is 17.8. The van der Waals surface area contributed by atoms with Crippen LogP contribution in [0.4, 0.5) is 10.1 Å². The van der Waals surface area contributed by atoms with Crippen LogP contribution in [0.5, 0.6) is 0 Å². The van der Waals surface area contributed by atoms with Crippen LogP contribution in [0.15, 0.2) is 18.2 Å². The maximum absolute atomic E-state index is 14.1. The fourth-order valence-electron chi connectivity index (χ4n) is 3.69. The largest absolute Gasteiger partial charge is 0.397 e. The maximum Gasteiger partial charge on any atom is 0.263 e. The van der Waals surface area contributed by atoms with Crippen LogP contribution in [0.1, 0.15) is 43.3 Å². The molecule has 1 aromatic carbocycles. The van der Waals surface area contributed by atoms with E-state index in [1.165, 1.54) is 23.5 Å². The fourth-order valence-corrected chi connectivity index (χ4v) is 4.69. The molecule has 0 radical (unpaired) electrons. The minimum atomic E-state index is -0.530. The Morgan fingerprint density at radius 2 is 2.03 bits per heavy atom. The van der Waals surface area contributed by atoms with Crippen LogP contribution in [0.3, 0.4) is 0 Å². The third-order valence-electron chi connectivity index (χ3n) is 5.51. The minimum Gasteiger partial charge on any atom is -0.397 e. The highest BCUT2D eigenvalue weighted by molar-refractivity contribution is 7.21. The summed E-state index contributed by atoms with van der Waals surface area (Å²) in [7, 11) is 0. The summed E-state index contributed by atoms with van der Waals surface area (Å²) in [5, 5.41) is 11.9. The van der Waals surface area contributed by atoms with Gasteiger partial charge in [0.25, 0.3) is 11.8 Å². The standard InChI is InChI=1S/C21H22FN5O2S/c1-10-4-5-14(15(22)8-10)21(29)27-7-6-13(9-27)24-19(28)18-17(23)16-11(2)12(3)25-26-20(16)30-18/h4-5,8,13H,6-7,9,23H2,1-3H3,(H,24,28). The number of thiophene rings is 1. The minimum absolute atomic E-state index is 0.0470. The summed E-state index contributed by atoms with van der Waals surface area (Å²) in [6, 6.07) is 4.33. The number of benzene rings is 1. The molecule has 1 aliphatic rings. The van der Waals surface area contributed by atoms with Crippen molar-refractivity contribution in [2.75, 3.05) is 18.8 Å². The van der Waals surface area contributed by atoms with E-state index in [1.807, 2.05) is 13.8 Å². The lowest BCUT2D eigenvalue weighted by Gasteiger charge is -2.17. The number of amides is 2. The monoisotopic (exact) mass is 427 g/mol. The molecule has 0 saturated carbocycles. The number of anilines is 1. The van der Waals surface area contributed by atoms with E-state index in [9.17, 15) is 14.0 Å². The van der Waals surface area contributed by atoms with Crippen molar-refractivity contribution in [3.8, 4) is 0 Å². The van der Waals surface area contributed by atoms with E-state index in [0.717, 1.165) is 22.2 Å². The first-order valence-electron chi connectivity index (χ1n) is 9.64. The Bertz CT molecular complexity index is 1180. The number of nitrogens with two attached hydrogens (primary N) is 1. The number of aromatic nitrogens is 2. The Labute approximate surface area is 177 Å². The van der Waals surface area contributed by atoms with E-state index < -0.39 is 5.82 Å². The molecule has 156 valence electrons. The van der Waals surface area contributed by atoms with Gasteiger partial charge in [0.15, 0.2) is 0 Å². The third kappa shape index (κ3) is 3.49. The molecule has 1 fully saturated rings. The van der Waals surface area contributed by atoms with Gasteiger partial charge in [-0.25, -0.2) is 4.39 Å². The van der Waals surface area contributed by atoms with Crippen LogP contribution in [0.25, 0.3) is 10.2 Å². The van der Waals surface area contributed by atoms with Crippen molar-refractivity contribution in [1.82, 2.24) is 20.4 Å². The van der Waals surface area contributed by atoms with E-state index in [0.29, 0.717) is 34.9 Å². The molecule has 3 N–H and O–H groups in total. The number of carbonyl (C=O) groups excluding carboxylic acids is 2. The lowest BCUT2D eigenvalue weighted by Crippen LogP contribution is -2.38. The van der Waals surface area contributed by atoms with Gasteiger partial charge in [-0.3, -0.25) is 9.59 Å². The second kappa shape index (κ2) is 7.64. The number of halogens is 1. The zero-order chi connectivity index (χ0) is 21.6. The lowest BCUT2D eigenvalue weighted by atomic mass is 10.1. The summed E-state index contributed by atoms with van der Waals surface area (Å²) in [5.74, 6) is -1.20. The van der Waals surface area contributed by atoms with Gasteiger partial charge in [0.1, 0.15) is 15.5 Å². The van der Waals surface area contributed by atoms with Crippen molar-refractivity contribution in [2.24, 2.45) is 0 Å². The zero-order valence-electron chi connectivity index (χ0n) is 17.0. The number of nitrogens with one attached hydrogen (secondary N) is 1. The van der Waals surface area contributed by atoms with Gasteiger partial charge < -0.3 is 16.0 Å². The van der Waals surface area contributed by atoms with Crippen molar-refractivity contribution in [3.63, 3.8) is 0 Å². The first kappa shape index (κ1) is 20.2. The number of nitrogens with zero attached hydrogens (tertiary/aromatic N) is 3. The topological polar surface area (TPSA) is 101 Å². The smallest absolute Gasteiger partial charge is 0.263 e. The van der Waals surface area contributed by atoms with E-state index in [1.54, 1.807) is 17.9 Å². The van der Waals surface area contributed by atoms with Crippen molar-refractivity contribution in [2.45, 2.75) is 33.2 Å². The summed E-state index contributed by atoms with van der Waals surface area (Å²) in [5.41, 5.74) is 9.12. The van der Waals surface area contributed by atoms with Crippen LogP contribution in [-0.2, 0) is 0 Å². The van der Waals surface area contributed by atoms with Crippen LogP contribution >= 0.6 is 11.3 Å². The van der Waals surface area contributed by atoms with E-state index in [2.05, 4.69) is 15.5 Å². The van der Waals surface area contributed by atoms with Crippen LogP contribution < -0.4 is 11.1 Å². The van der Waals surface area contributed by atoms with Crippen LogP contribution in [-0.4, -0.2) is 46.0 Å². The van der Waals surface area contributed by atoms with Gasteiger partial charge >= 0.3 is 0 Å². The van der Waals surface area contributed by atoms with E-state index >= 15 is 0 Å². The Morgan fingerprint density at radius 1 is 1.27 bits per heavy atom. The molecule has 3 heterocycles. The van der Waals surface area contributed by atoms with Gasteiger partial charge in [0.2, 0.25) is 0 Å². The Kier molecular flexibility index (Phi) is 5.15. The molecule has 3 aromatic rings. The normalized spacial score (nSPS) is 16.3. The predicted molar refractivity (Wildman–Crippen MR) is 114 cm³/mol. The predicted octanol–water partition coefficient (Wildman–Crippen LogP) is 2.98. The molecular weight excluding hydrogens is 405 g/mol. The quantitative estimate of drug-likeness (QED) is 0.669. The average Bonchev–Trinajstić information content (AvgIpc) is 3.29. The molecule has 0 bridgehead atoms. The molecule has 1 aliphatic heterocycles. The van der Waals surface area contributed by atoms with Crippen molar-refractivity contribution in [3.05, 3.63) is 51.3 Å². The van der Waals surface area contributed by atoms with E-state index in [4.69, 9.17) is 5.73 Å². The molecule has 4 rings (SSSR count). The molecule has 0 aliphatic carbocycles. The van der Waals surface area contributed by atoms with Gasteiger partial charge in [-0.1, -0.05) is 6.07 Å². The fraction of sp³-hybridized carbons (Fsp3) is 0.333.